The van der Waals surface area contributed by atoms with E-state index in [4.69, 9.17) is 0 Å². The average Bonchev–Trinajstić information content (AvgIpc) is 2.98. The van der Waals surface area contributed by atoms with Crippen LogP contribution in [0.15, 0.2) is 30.3 Å². The second-order valence-electron chi connectivity index (χ2n) is 3.67. The molecule has 1 aromatic heterocycles. The first-order chi connectivity index (χ1) is 6.93. The van der Waals surface area contributed by atoms with Crippen molar-refractivity contribution >= 4 is 11.5 Å². The topological polar surface area (TPSA) is 12.9 Å². The summed E-state index contributed by atoms with van der Waals surface area (Å²) in [5, 5.41) is 0. The van der Waals surface area contributed by atoms with Crippen LogP contribution in [0.25, 0.3) is 10.4 Å². The molecule has 0 saturated heterocycles. The molecule has 1 aromatic carbocycles. The molecule has 0 atom stereocenters. The Hall–Kier alpha value is -1.15. The molecule has 2 heteroatoms. The number of hydrogen-bond donors (Lipinski definition) is 0. The van der Waals surface area contributed by atoms with Crippen molar-refractivity contribution in [2.75, 3.05) is 0 Å². The van der Waals surface area contributed by atoms with Crippen LogP contribution in [0.2, 0.25) is 0 Å². The summed E-state index contributed by atoms with van der Waals surface area (Å²) in [4.78, 5) is 1.24. The van der Waals surface area contributed by atoms with E-state index in [1.807, 2.05) is 18.2 Å². The Morgan fingerprint density at radius 1 is 1.36 bits per heavy atom. The first kappa shape index (κ1) is 8.18. The lowest BCUT2D eigenvalue weighted by molar-refractivity contribution is 1.07. The Balaban J connectivity index is 1.96. The van der Waals surface area contributed by atoms with Gasteiger partial charge in [-0.1, -0.05) is 24.3 Å². The fourth-order valence-corrected chi connectivity index (χ4v) is 2.34. The summed E-state index contributed by atoms with van der Waals surface area (Å²) in [5.74, 6) is 0.753. The Labute approximate surface area is 87.6 Å². The van der Waals surface area contributed by atoms with Gasteiger partial charge in [-0.25, -0.2) is 0 Å². The quantitative estimate of drug-likeness (QED) is 0.723. The molecule has 1 aliphatic rings. The lowest BCUT2D eigenvalue weighted by Gasteiger charge is -1.92. The normalized spacial score (nSPS) is 15.7. The summed E-state index contributed by atoms with van der Waals surface area (Å²) in [5.41, 5.74) is 2.44. The monoisotopic (exact) mass is 200 g/mol. The predicted molar refractivity (Wildman–Crippen MR) is 58.4 cm³/mol. The molecule has 0 bridgehead atoms. The lowest BCUT2D eigenvalue weighted by Crippen LogP contribution is -1.74. The molecule has 2 aromatic rings. The van der Waals surface area contributed by atoms with E-state index in [9.17, 15) is 0 Å². The van der Waals surface area contributed by atoms with Crippen molar-refractivity contribution in [1.82, 2.24) is 4.37 Å². The molecule has 3 rings (SSSR count). The minimum atomic E-state index is 0.753. The highest BCUT2D eigenvalue weighted by molar-refractivity contribution is 7.09. The van der Waals surface area contributed by atoms with Crippen molar-refractivity contribution in [3.05, 3.63) is 42.1 Å². The van der Waals surface area contributed by atoms with Crippen molar-refractivity contribution < 1.29 is 0 Å². The van der Waals surface area contributed by atoms with E-state index in [1.165, 1.54) is 23.4 Å². The number of rotatable bonds is 2. The van der Waals surface area contributed by atoms with Gasteiger partial charge in [-0.3, -0.25) is 0 Å². The van der Waals surface area contributed by atoms with Gasteiger partial charge in [0.25, 0.3) is 0 Å². The van der Waals surface area contributed by atoms with E-state index in [0.29, 0.717) is 0 Å². The third-order valence-corrected chi connectivity index (χ3v) is 3.34. The van der Waals surface area contributed by atoms with Crippen molar-refractivity contribution in [2.24, 2.45) is 0 Å². The van der Waals surface area contributed by atoms with Crippen LogP contribution >= 0.6 is 11.5 Å². The minimum absolute atomic E-state index is 0.753. The second-order valence-corrected chi connectivity index (χ2v) is 4.47. The Kier molecular flexibility index (Phi) is 1.88. The maximum absolute atomic E-state index is 4.48. The SMILES string of the molecule is [c]1ccccc1-c1cc(C2CC2)ns1. The molecule has 1 radical (unpaired) electrons. The maximum Gasteiger partial charge on any atom is 0.0579 e. The molecule has 0 spiro atoms. The zero-order valence-corrected chi connectivity index (χ0v) is 8.55. The van der Waals surface area contributed by atoms with E-state index in [2.05, 4.69) is 22.6 Å². The fourth-order valence-electron chi connectivity index (χ4n) is 1.53. The van der Waals surface area contributed by atoms with Crippen LogP contribution in [-0.2, 0) is 0 Å². The third kappa shape index (κ3) is 1.46. The predicted octanol–water partition coefficient (Wildman–Crippen LogP) is 3.49. The van der Waals surface area contributed by atoms with Crippen LogP contribution in [0.3, 0.4) is 0 Å². The van der Waals surface area contributed by atoms with Gasteiger partial charge >= 0.3 is 0 Å². The summed E-state index contributed by atoms with van der Waals surface area (Å²) in [6, 6.07) is 13.5. The molecule has 1 fully saturated rings. The molecule has 69 valence electrons. The molecule has 1 nitrogen and oxygen atoms in total. The van der Waals surface area contributed by atoms with Crippen LogP contribution in [0.5, 0.6) is 0 Å². The van der Waals surface area contributed by atoms with Gasteiger partial charge in [-0.05, 0) is 36.5 Å². The molecule has 0 amide bonds. The van der Waals surface area contributed by atoms with E-state index in [-0.39, 0.29) is 0 Å². The van der Waals surface area contributed by atoms with Gasteiger partial charge in [0.1, 0.15) is 0 Å². The van der Waals surface area contributed by atoms with Gasteiger partial charge in [-0.2, -0.15) is 4.37 Å². The van der Waals surface area contributed by atoms with Gasteiger partial charge in [0.15, 0.2) is 0 Å². The number of nitrogens with zero attached hydrogens (tertiary/aromatic N) is 1. The van der Waals surface area contributed by atoms with E-state index >= 15 is 0 Å². The van der Waals surface area contributed by atoms with Crippen LogP contribution in [0.4, 0.5) is 0 Å². The molecule has 14 heavy (non-hydrogen) atoms. The van der Waals surface area contributed by atoms with Gasteiger partial charge in [0, 0.05) is 11.5 Å². The summed E-state index contributed by atoms with van der Waals surface area (Å²) in [6.07, 6.45) is 2.64. The Bertz CT molecular complexity index is 429. The molecule has 0 N–H and O–H groups in total. The standard InChI is InChI=1S/C12H10NS/c1-2-4-10(5-3-1)12-8-11(13-14-12)9-6-7-9/h1-4,8-9H,6-7H2. The van der Waals surface area contributed by atoms with Crippen LogP contribution in [0, 0.1) is 6.07 Å². The van der Waals surface area contributed by atoms with E-state index in [1.54, 1.807) is 11.5 Å². The van der Waals surface area contributed by atoms with Crippen LogP contribution < -0.4 is 0 Å². The number of hydrogen-bond acceptors (Lipinski definition) is 2. The van der Waals surface area contributed by atoms with Gasteiger partial charge in [0.2, 0.25) is 0 Å². The van der Waals surface area contributed by atoms with Crippen molar-refractivity contribution in [3.8, 4) is 10.4 Å². The van der Waals surface area contributed by atoms with Crippen molar-refractivity contribution in [2.45, 2.75) is 18.8 Å². The second kappa shape index (κ2) is 3.21. The van der Waals surface area contributed by atoms with Gasteiger partial charge < -0.3 is 0 Å². The first-order valence-corrected chi connectivity index (χ1v) is 5.64. The Morgan fingerprint density at radius 2 is 2.29 bits per heavy atom. The summed E-state index contributed by atoms with van der Waals surface area (Å²) < 4.78 is 4.48. The molecule has 0 aliphatic heterocycles. The van der Waals surface area contributed by atoms with Crippen LogP contribution in [0.1, 0.15) is 24.5 Å². The Morgan fingerprint density at radius 3 is 3.00 bits per heavy atom. The third-order valence-electron chi connectivity index (χ3n) is 2.50. The highest BCUT2D eigenvalue weighted by atomic mass is 32.1. The average molecular weight is 200 g/mol. The molecule has 1 aliphatic carbocycles. The maximum atomic E-state index is 4.48. The summed E-state index contributed by atoms with van der Waals surface area (Å²) in [6.45, 7) is 0. The van der Waals surface area contributed by atoms with Crippen molar-refractivity contribution in [1.29, 1.82) is 0 Å². The van der Waals surface area contributed by atoms with E-state index < -0.39 is 0 Å². The molecule has 1 saturated carbocycles. The zero-order valence-electron chi connectivity index (χ0n) is 7.73. The van der Waals surface area contributed by atoms with Gasteiger partial charge in [0.05, 0.1) is 10.6 Å². The lowest BCUT2D eigenvalue weighted by atomic mass is 10.1. The molecular formula is C12H10NS. The fraction of sp³-hybridized carbons (Fsp3) is 0.250. The largest absolute Gasteiger partial charge is 0.197 e. The smallest absolute Gasteiger partial charge is 0.0579 e. The summed E-state index contributed by atoms with van der Waals surface area (Å²) in [7, 11) is 0. The summed E-state index contributed by atoms with van der Waals surface area (Å²) >= 11 is 1.59. The van der Waals surface area contributed by atoms with Crippen molar-refractivity contribution in [3.63, 3.8) is 0 Å². The molecular weight excluding hydrogens is 190 g/mol. The van der Waals surface area contributed by atoms with E-state index in [0.717, 1.165) is 11.5 Å². The van der Waals surface area contributed by atoms with Crippen LogP contribution in [-0.4, -0.2) is 4.37 Å². The highest BCUT2D eigenvalue weighted by Crippen LogP contribution is 2.41. The highest BCUT2D eigenvalue weighted by Gasteiger charge is 2.26. The van der Waals surface area contributed by atoms with Gasteiger partial charge in [-0.15, -0.1) is 0 Å². The molecule has 0 unspecified atom stereocenters. The number of benzene rings is 1. The number of aromatic nitrogens is 1. The first-order valence-electron chi connectivity index (χ1n) is 4.87. The zero-order chi connectivity index (χ0) is 9.38. The minimum Gasteiger partial charge on any atom is -0.197 e. The molecule has 1 heterocycles.